The first-order valence-electron chi connectivity index (χ1n) is 14.0. The topological polar surface area (TPSA) is 138 Å². The number of carbonyl (C=O) groups is 2. The Hall–Kier alpha value is -3.96. The standard InChI is InChI=1S/C30H38BN5O5/c1-20(2)15-27(31(39)40)33-29(38)30(17-22-11-7-5-8-12-22)18-24(35-41-30)19-32-28(37)26-16-25(34-36(26)21(3)4)23-13-9-6-10-14-23/h5-14,16,20-21,27,39-40H,15,17-19H2,1-4H3,(H,32,37)(H,33,38). The number of oxime groups is 1. The van der Waals surface area contributed by atoms with E-state index in [-0.39, 0.29) is 37.3 Å². The minimum atomic E-state index is -1.72. The molecule has 2 amide bonds. The van der Waals surface area contributed by atoms with E-state index in [2.05, 4.69) is 20.9 Å². The van der Waals surface area contributed by atoms with Crippen molar-refractivity contribution in [1.82, 2.24) is 20.4 Å². The van der Waals surface area contributed by atoms with Gasteiger partial charge in [0.1, 0.15) is 5.69 Å². The molecule has 2 unspecified atom stereocenters. The minimum absolute atomic E-state index is 0.0387. The average Bonchev–Trinajstić information content (AvgIpc) is 3.58. The second-order valence-corrected chi connectivity index (χ2v) is 11.2. The fourth-order valence-corrected chi connectivity index (χ4v) is 4.91. The lowest BCUT2D eigenvalue weighted by molar-refractivity contribution is -0.144. The first kappa shape index (κ1) is 30.0. The van der Waals surface area contributed by atoms with Crippen LogP contribution in [0.1, 0.15) is 62.6 Å². The molecule has 0 spiro atoms. The quantitative estimate of drug-likeness (QED) is 0.252. The molecule has 0 saturated carbocycles. The first-order valence-corrected chi connectivity index (χ1v) is 14.0. The third kappa shape index (κ3) is 7.42. The highest BCUT2D eigenvalue weighted by Crippen LogP contribution is 2.30. The second kappa shape index (κ2) is 13.1. The summed E-state index contributed by atoms with van der Waals surface area (Å²) in [5.41, 5.74) is 1.99. The fraction of sp³-hybridized carbons (Fsp3) is 0.400. The van der Waals surface area contributed by atoms with Crippen molar-refractivity contribution in [2.45, 2.75) is 64.5 Å². The number of nitrogens with one attached hydrogen (secondary N) is 2. The van der Waals surface area contributed by atoms with Crippen molar-refractivity contribution in [3.8, 4) is 11.3 Å². The van der Waals surface area contributed by atoms with Crippen LogP contribution in [0, 0.1) is 5.92 Å². The van der Waals surface area contributed by atoms with E-state index in [1.807, 2.05) is 88.4 Å². The molecule has 41 heavy (non-hydrogen) atoms. The summed E-state index contributed by atoms with van der Waals surface area (Å²) in [4.78, 5) is 32.7. The van der Waals surface area contributed by atoms with Crippen LogP contribution in [0.3, 0.4) is 0 Å². The van der Waals surface area contributed by atoms with Gasteiger partial charge in [0.2, 0.25) is 5.60 Å². The van der Waals surface area contributed by atoms with Gasteiger partial charge in [0, 0.05) is 24.4 Å². The number of carbonyl (C=O) groups excluding carboxylic acids is 2. The van der Waals surface area contributed by atoms with Crippen LogP contribution in [0.25, 0.3) is 11.3 Å². The highest BCUT2D eigenvalue weighted by molar-refractivity contribution is 6.43. The van der Waals surface area contributed by atoms with Gasteiger partial charge in [-0.25, -0.2) is 0 Å². The van der Waals surface area contributed by atoms with Crippen LogP contribution in [0.15, 0.2) is 71.9 Å². The lowest BCUT2D eigenvalue weighted by Crippen LogP contribution is -2.56. The van der Waals surface area contributed by atoms with Crippen molar-refractivity contribution < 1.29 is 24.5 Å². The highest BCUT2D eigenvalue weighted by Gasteiger charge is 2.48. The lowest BCUT2D eigenvalue weighted by Gasteiger charge is -2.29. The number of rotatable bonds is 12. The number of benzene rings is 2. The number of hydrogen-bond acceptors (Lipinski definition) is 7. The number of nitrogens with zero attached hydrogens (tertiary/aromatic N) is 3. The van der Waals surface area contributed by atoms with Crippen LogP contribution in [0.5, 0.6) is 0 Å². The summed E-state index contributed by atoms with van der Waals surface area (Å²) in [7, 11) is -1.72. The van der Waals surface area contributed by atoms with Crippen molar-refractivity contribution in [1.29, 1.82) is 0 Å². The molecule has 1 aromatic heterocycles. The molecule has 0 fully saturated rings. The zero-order valence-corrected chi connectivity index (χ0v) is 23.9. The summed E-state index contributed by atoms with van der Waals surface area (Å²) < 4.78 is 1.69. The molecule has 216 valence electrons. The van der Waals surface area contributed by atoms with E-state index in [0.29, 0.717) is 23.5 Å². The van der Waals surface area contributed by atoms with E-state index in [9.17, 15) is 19.6 Å². The molecular formula is C30H38BN5O5. The molecule has 10 nitrogen and oxygen atoms in total. The molecule has 2 atom stereocenters. The average molecular weight is 559 g/mol. The summed E-state index contributed by atoms with van der Waals surface area (Å²) in [5.74, 6) is -1.55. The van der Waals surface area contributed by atoms with Gasteiger partial charge in [-0.15, -0.1) is 0 Å². The molecule has 1 aliphatic heterocycles. The maximum atomic E-state index is 13.6. The predicted octanol–water partition coefficient (Wildman–Crippen LogP) is 3.16. The van der Waals surface area contributed by atoms with Crippen molar-refractivity contribution in [3.05, 3.63) is 78.0 Å². The van der Waals surface area contributed by atoms with E-state index in [1.165, 1.54) is 0 Å². The summed E-state index contributed by atoms with van der Waals surface area (Å²) in [6.07, 6.45) is 0.725. The Balaban J connectivity index is 1.49. The molecule has 11 heteroatoms. The van der Waals surface area contributed by atoms with E-state index >= 15 is 0 Å². The minimum Gasteiger partial charge on any atom is -0.426 e. The summed E-state index contributed by atoms with van der Waals surface area (Å²) in [6.45, 7) is 7.86. The van der Waals surface area contributed by atoms with E-state index in [0.717, 1.165) is 11.1 Å². The molecule has 2 aromatic carbocycles. The maximum Gasteiger partial charge on any atom is 0.475 e. The SMILES string of the molecule is CC(C)CC(NC(=O)C1(Cc2ccccc2)CC(CNC(=O)c2cc(-c3ccccc3)nn2C(C)C)=NO1)B(O)O. The molecule has 0 bridgehead atoms. The first-order chi connectivity index (χ1) is 19.6. The van der Waals surface area contributed by atoms with E-state index in [4.69, 9.17) is 4.84 Å². The van der Waals surface area contributed by atoms with Gasteiger partial charge in [-0.05, 0) is 37.8 Å². The van der Waals surface area contributed by atoms with Gasteiger partial charge in [-0.2, -0.15) is 5.10 Å². The molecule has 3 aromatic rings. The van der Waals surface area contributed by atoms with Crippen molar-refractivity contribution in [2.24, 2.45) is 11.1 Å². The Morgan fingerprint density at radius 2 is 1.71 bits per heavy atom. The van der Waals surface area contributed by atoms with Gasteiger partial charge in [0.15, 0.2) is 0 Å². The van der Waals surface area contributed by atoms with Crippen LogP contribution in [-0.2, 0) is 16.1 Å². The van der Waals surface area contributed by atoms with Crippen LogP contribution in [0.4, 0.5) is 0 Å². The normalized spacial score (nSPS) is 17.2. The van der Waals surface area contributed by atoms with Gasteiger partial charge in [0.05, 0.1) is 23.9 Å². The van der Waals surface area contributed by atoms with Gasteiger partial charge in [-0.3, -0.25) is 14.3 Å². The summed E-state index contributed by atoms with van der Waals surface area (Å²) >= 11 is 0. The van der Waals surface area contributed by atoms with Gasteiger partial charge in [-0.1, -0.05) is 79.7 Å². The van der Waals surface area contributed by atoms with E-state index in [1.54, 1.807) is 10.7 Å². The van der Waals surface area contributed by atoms with Crippen LogP contribution in [-0.4, -0.2) is 62.6 Å². The van der Waals surface area contributed by atoms with Gasteiger partial charge in [0.25, 0.3) is 11.8 Å². The fourth-order valence-electron chi connectivity index (χ4n) is 4.91. The van der Waals surface area contributed by atoms with Crippen molar-refractivity contribution in [3.63, 3.8) is 0 Å². The Morgan fingerprint density at radius 1 is 1.05 bits per heavy atom. The van der Waals surface area contributed by atoms with Crippen molar-refractivity contribution >= 4 is 24.6 Å². The van der Waals surface area contributed by atoms with E-state index < -0.39 is 24.6 Å². The third-order valence-electron chi connectivity index (χ3n) is 6.97. The zero-order chi connectivity index (χ0) is 29.6. The molecular weight excluding hydrogens is 521 g/mol. The second-order valence-electron chi connectivity index (χ2n) is 11.2. The molecule has 0 aliphatic carbocycles. The highest BCUT2D eigenvalue weighted by atomic mass is 16.7. The van der Waals surface area contributed by atoms with Gasteiger partial charge < -0.3 is 25.5 Å². The van der Waals surface area contributed by atoms with Crippen molar-refractivity contribution in [2.75, 3.05) is 6.54 Å². The number of amides is 2. The monoisotopic (exact) mass is 559 g/mol. The molecule has 0 saturated heterocycles. The zero-order valence-electron chi connectivity index (χ0n) is 23.9. The number of aromatic nitrogens is 2. The number of hydrogen-bond donors (Lipinski definition) is 4. The van der Waals surface area contributed by atoms with Crippen LogP contribution in [0.2, 0.25) is 0 Å². The Morgan fingerprint density at radius 3 is 2.32 bits per heavy atom. The largest absolute Gasteiger partial charge is 0.475 e. The van der Waals surface area contributed by atoms with Gasteiger partial charge >= 0.3 is 7.12 Å². The summed E-state index contributed by atoms with van der Waals surface area (Å²) in [6, 6.07) is 20.8. The lowest BCUT2D eigenvalue weighted by atomic mass is 9.74. The van der Waals surface area contributed by atoms with Crippen LogP contribution < -0.4 is 10.6 Å². The molecule has 1 aliphatic rings. The third-order valence-corrected chi connectivity index (χ3v) is 6.97. The Labute approximate surface area is 240 Å². The maximum absolute atomic E-state index is 13.6. The Bertz CT molecular complexity index is 1360. The molecule has 4 N–H and O–H groups in total. The Kier molecular flexibility index (Phi) is 9.62. The molecule has 4 rings (SSSR count). The van der Waals surface area contributed by atoms with Crippen LogP contribution >= 0.6 is 0 Å². The summed E-state index contributed by atoms with van der Waals surface area (Å²) in [5, 5.41) is 34.3. The predicted molar refractivity (Wildman–Crippen MR) is 158 cm³/mol. The molecule has 2 heterocycles. The molecule has 0 radical (unpaired) electrons. The smallest absolute Gasteiger partial charge is 0.426 e.